The van der Waals surface area contributed by atoms with Crippen molar-refractivity contribution in [1.82, 2.24) is 19.9 Å². The lowest BCUT2D eigenvalue weighted by Crippen LogP contribution is -2.00. The van der Waals surface area contributed by atoms with Gasteiger partial charge in [-0.25, -0.2) is 19.3 Å². The molecule has 4 aromatic rings. The molecule has 0 aliphatic carbocycles. The van der Waals surface area contributed by atoms with Crippen molar-refractivity contribution in [2.75, 3.05) is 5.32 Å². The Morgan fingerprint density at radius 2 is 2.09 bits per heavy atom. The van der Waals surface area contributed by atoms with Gasteiger partial charge >= 0.3 is 0 Å². The second-order valence-electron chi connectivity index (χ2n) is 5.02. The largest absolute Gasteiger partial charge is 0.359 e. The third-order valence-corrected chi connectivity index (χ3v) is 3.46. The van der Waals surface area contributed by atoms with Crippen LogP contribution in [0.5, 0.6) is 0 Å². The molecule has 5 nitrogen and oxygen atoms in total. The molecule has 0 aliphatic rings. The molecule has 0 aliphatic heterocycles. The lowest BCUT2D eigenvalue weighted by Gasteiger charge is -2.09. The number of benzene rings is 1. The van der Waals surface area contributed by atoms with Gasteiger partial charge in [0.25, 0.3) is 0 Å². The van der Waals surface area contributed by atoms with Gasteiger partial charge in [-0.3, -0.25) is 0 Å². The molecule has 0 saturated carbocycles. The first-order chi connectivity index (χ1) is 10.7. The Hall–Kier alpha value is -3.02. The number of rotatable bonds is 2. The molecule has 0 atom stereocenters. The van der Waals surface area contributed by atoms with Crippen LogP contribution in [0, 0.1) is 12.7 Å². The van der Waals surface area contributed by atoms with Gasteiger partial charge in [-0.2, -0.15) is 0 Å². The zero-order chi connectivity index (χ0) is 15.1. The molecule has 0 amide bonds. The molecular formula is C16H12FN5. The smallest absolute Gasteiger partial charge is 0.164 e. The minimum Gasteiger partial charge on any atom is -0.359 e. The maximum absolute atomic E-state index is 14.1. The average molecular weight is 293 g/mol. The van der Waals surface area contributed by atoms with E-state index in [4.69, 9.17) is 0 Å². The highest BCUT2D eigenvalue weighted by atomic mass is 19.1. The molecule has 6 heteroatoms. The number of aromatic amines is 1. The molecule has 0 saturated heterocycles. The van der Waals surface area contributed by atoms with E-state index in [1.807, 2.05) is 24.3 Å². The number of aryl methyl sites for hydroxylation is 1. The summed E-state index contributed by atoms with van der Waals surface area (Å²) >= 11 is 0. The van der Waals surface area contributed by atoms with Crippen molar-refractivity contribution >= 4 is 33.4 Å². The Labute approximate surface area is 125 Å². The summed E-state index contributed by atoms with van der Waals surface area (Å²) in [6.07, 6.45) is 3.40. The standard InChI is InChI=1S/C16H12FN5/c1-9-20-15-12(3-2-5-19-15)16(21-9)22-11-7-10-4-6-18-14(10)13(17)8-11/h2-8,18H,1H3,(H,19,20,21,22). The fraction of sp³-hybridized carbons (Fsp3) is 0.0625. The van der Waals surface area contributed by atoms with Gasteiger partial charge in [0.1, 0.15) is 17.5 Å². The van der Waals surface area contributed by atoms with Crippen molar-refractivity contribution in [3.8, 4) is 0 Å². The Balaban J connectivity index is 1.85. The highest BCUT2D eigenvalue weighted by Crippen LogP contribution is 2.26. The third-order valence-electron chi connectivity index (χ3n) is 3.46. The fourth-order valence-corrected chi connectivity index (χ4v) is 2.50. The number of nitrogens with zero attached hydrogens (tertiary/aromatic N) is 3. The highest BCUT2D eigenvalue weighted by molar-refractivity contribution is 5.90. The van der Waals surface area contributed by atoms with Gasteiger partial charge in [0.05, 0.1) is 10.9 Å². The van der Waals surface area contributed by atoms with Crippen LogP contribution in [0.2, 0.25) is 0 Å². The molecule has 108 valence electrons. The van der Waals surface area contributed by atoms with Gasteiger partial charge in [0.15, 0.2) is 5.65 Å². The van der Waals surface area contributed by atoms with Gasteiger partial charge < -0.3 is 10.3 Å². The number of anilines is 2. The lowest BCUT2D eigenvalue weighted by molar-refractivity contribution is 0.638. The van der Waals surface area contributed by atoms with Gasteiger partial charge in [0, 0.05) is 23.5 Å². The summed E-state index contributed by atoms with van der Waals surface area (Å²) in [7, 11) is 0. The quantitative estimate of drug-likeness (QED) is 0.591. The third kappa shape index (κ3) is 2.05. The molecule has 3 aromatic heterocycles. The van der Waals surface area contributed by atoms with Crippen LogP contribution in [0.15, 0.2) is 42.7 Å². The predicted molar refractivity (Wildman–Crippen MR) is 83.6 cm³/mol. The van der Waals surface area contributed by atoms with Crippen LogP contribution in [0.25, 0.3) is 21.9 Å². The van der Waals surface area contributed by atoms with Crippen LogP contribution >= 0.6 is 0 Å². The summed E-state index contributed by atoms with van der Waals surface area (Å²) in [5.41, 5.74) is 1.74. The molecule has 3 heterocycles. The summed E-state index contributed by atoms with van der Waals surface area (Å²) < 4.78 is 14.1. The summed E-state index contributed by atoms with van der Waals surface area (Å²) in [4.78, 5) is 15.8. The Kier molecular flexibility index (Phi) is 2.75. The Bertz CT molecular complexity index is 992. The number of hydrogen-bond acceptors (Lipinski definition) is 4. The molecule has 0 unspecified atom stereocenters. The number of nitrogens with one attached hydrogen (secondary N) is 2. The first-order valence-corrected chi connectivity index (χ1v) is 6.84. The zero-order valence-corrected chi connectivity index (χ0v) is 11.8. The van der Waals surface area contributed by atoms with Gasteiger partial charge in [-0.1, -0.05) is 0 Å². The van der Waals surface area contributed by atoms with E-state index >= 15 is 0 Å². The van der Waals surface area contributed by atoms with E-state index in [0.29, 0.717) is 28.5 Å². The number of hydrogen-bond donors (Lipinski definition) is 2. The van der Waals surface area contributed by atoms with Crippen LogP contribution in [0.3, 0.4) is 0 Å². The van der Waals surface area contributed by atoms with Crippen molar-refractivity contribution in [2.24, 2.45) is 0 Å². The van der Waals surface area contributed by atoms with E-state index < -0.39 is 0 Å². The van der Waals surface area contributed by atoms with E-state index in [-0.39, 0.29) is 5.82 Å². The number of halogens is 1. The summed E-state index contributed by atoms with van der Waals surface area (Å²) in [6, 6.07) is 8.85. The molecule has 0 radical (unpaired) electrons. The molecular weight excluding hydrogens is 281 g/mol. The summed E-state index contributed by atoms with van der Waals surface area (Å²) in [6.45, 7) is 1.80. The van der Waals surface area contributed by atoms with Crippen LogP contribution in [-0.2, 0) is 0 Å². The summed E-state index contributed by atoms with van der Waals surface area (Å²) in [5, 5.41) is 4.76. The second kappa shape index (κ2) is 4.77. The molecule has 0 bridgehead atoms. The number of H-pyrrole nitrogens is 1. The van der Waals surface area contributed by atoms with Crippen molar-refractivity contribution in [3.05, 3.63) is 54.4 Å². The minimum atomic E-state index is -0.307. The molecule has 1 aromatic carbocycles. The van der Waals surface area contributed by atoms with Crippen molar-refractivity contribution in [3.63, 3.8) is 0 Å². The van der Waals surface area contributed by atoms with E-state index in [0.717, 1.165) is 10.8 Å². The maximum atomic E-state index is 14.1. The van der Waals surface area contributed by atoms with Crippen molar-refractivity contribution in [1.29, 1.82) is 0 Å². The van der Waals surface area contributed by atoms with Crippen LogP contribution in [0.4, 0.5) is 15.9 Å². The molecule has 4 rings (SSSR count). The first-order valence-electron chi connectivity index (χ1n) is 6.84. The lowest BCUT2D eigenvalue weighted by atomic mass is 10.2. The van der Waals surface area contributed by atoms with Gasteiger partial charge in [-0.15, -0.1) is 0 Å². The molecule has 22 heavy (non-hydrogen) atoms. The topological polar surface area (TPSA) is 66.5 Å². The molecule has 2 N–H and O–H groups in total. The van der Waals surface area contributed by atoms with Gasteiger partial charge in [0.2, 0.25) is 0 Å². The normalized spacial score (nSPS) is 11.2. The van der Waals surface area contributed by atoms with Crippen LogP contribution in [0.1, 0.15) is 5.82 Å². The van der Waals surface area contributed by atoms with Crippen LogP contribution in [-0.4, -0.2) is 19.9 Å². The second-order valence-corrected chi connectivity index (χ2v) is 5.02. The molecule has 0 fully saturated rings. The predicted octanol–water partition coefficient (Wildman–Crippen LogP) is 3.70. The van der Waals surface area contributed by atoms with Gasteiger partial charge in [-0.05, 0) is 37.3 Å². The van der Waals surface area contributed by atoms with Crippen molar-refractivity contribution in [2.45, 2.75) is 6.92 Å². The summed E-state index contributed by atoms with van der Waals surface area (Å²) in [5.74, 6) is 0.917. The first kappa shape index (κ1) is 12.7. The fourth-order valence-electron chi connectivity index (χ4n) is 2.50. The zero-order valence-electron chi connectivity index (χ0n) is 11.8. The molecule has 0 spiro atoms. The maximum Gasteiger partial charge on any atom is 0.164 e. The van der Waals surface area contributed by atoms with E-state index in [1.165, 1.54) is 6.07 Å². The number of pyridine rings is 1. The van der Waals surface area contributed by atoms with E-state index in [9.17, 15) is 4.39 Å². The SMILES string of the molecule is Cc1nc(Nc2cc(F)c3[nH]ccc3c2)c2cccnc2n1. The van der Waals surface area contributed by atoms with E-state index in [2.05, 4.69) is 25.3 Å². The van der Waals surface area contributed by atoms with Crippen molar-refractivity contribution < 1.29 is 4.39 Å². The average Bonchev–Trinajstić information content (AvgIpc) is 2.96. The Morgan fingerprint density at radius 3 is 3.00 bits per heavy atom. The Morgan fingerprint density at radius 1 is 1.18 bits per heavy atom. The highest BCUT2D eigenvalue weighted by Gasteiger charge is 2.09. The number of aromatic nitrogens is 4. The minimum absolute atomic E-state index is 0.307. The number of fused-ring (bicyclic) bond motifs is 2. The monoisotopic (exact) mass is 293 g/mol. The van der Waals surface area contributed by atoms with E-state index in [1.54, 1.807) is 19.3 Å². The van der Waals surface area contributed by atoms with Crippen LogP contribution < -0.4 is 5.32 Å².